The van der Waals surface area contributed by atoms with E-state index in [0.29, 0.717) is 17.1 Å². The lowest BCUT2D eigenvalue weighted by Crippen LogP contribution is -2.25. The molecular formula is C30H29N5O. The van der Waals surface area contributed by atoms with Crippen LogP contribution < -0.4 is 10.6 Å². The number of anilines is 1. The average Bonchev–Trinajstić information content (AvgIpc) is 3.63. The Morgan fingerprint density at radius 2 is 1.78 bits per heavy atom. The topological polar surface area (TPSA) is 63.3 Å². The number of hydrogen-bond acceptors (Lipinski definition) is 3. The van der Waals surface area contributed by atoms with Crippen molar-refractivity contribution in [2.24, 2.45) is 5.92 Å². The second-order valence-corrected chi connectivity index (χ2v) is 9.49. The number of benzene rings is 3. The van der Waals surface area contributed by atoms with Gasteiger partial charge in [-0.2, -0.15) is 5.10 Å². The van der Waals surface area contributed by atoms with Crippen molar-refractivity contribution >= 4 is 17.3 Å². The first kappa shape index (κ1) is 23.5. The molecule has 2 N–H and O–H groups in total. The van der Waals surface area contributed by atoms with Crippen LogP contribution in [0.1, 0.15) is 51.8 Å². The third kappa shape index (κ3) is 5.37. The molecular weight excluding hydrogens is 446 g/mol. The molecule has 1 aliphatic rings. The first-order chi connectivity index (χ1) is 17.5. The zero-order valence-corrected chi connectivity index (χ0v) is 20.5. The van der Waals surface area contributed by atoms with E-state index >= 15 is 0 Å². The lowest BCUT2D eigenvalue weighted by Gasteiger charge is -2.21. The monoisotopic (exact) mass is 475 g/mol. The minimum absolute atomic E-state index is 0.0477. The maximum absolute atomic E-state index is 13.3. The summed E-state index contributed by atoms with van der Waals surface area (Å²) in [4.78, 5) is 16.8. The van der Waals surface area contributed by atoms with Crippen LogP contribution in [0.4, 0.5) is 11.4 Å². The van der Waals surface area contributed by atoms with E-state index in [1.165, 1.54) is 24.0 Å². The number of nitrogens with one attached hydrogen (secondary N) is 2. The number of aryl methyl sites for hydroxylation is 2. The van der Waals surface area contributed by atoms with Crippen LogP contribution >= 0.6 is 0 Å². The Hall–Kier alpha value is -4.21. The van der Waals surface area contributed by atoms with Crippen LogP contribution in [0.25, 0.3) is 10.5 Å². The summed E-state index contributed by atoms with van der Waals surface area (Å²) in [5.74, 6) is 0.504. The first-order valence-corrected chi connectivity index (χ1v) is 12.3. The van der Waals surface area contributed by atoms with Crippen molar-refractivity contribution in [2.45, 2.75) is 32.7 Å². The molecule has 0 radical (unpaired) electrons. The van der Waals surface area contributed by atoms with Gasteiger partial charge in [0.15, 0.2) is 5.69 Å². The van der Waals surface area contributed by atoms with Gasteiger partial charge < -0.3 is 10.6 Å². The lowest BCUT2D eigenvalue weighted by atomic mass is 9.96. The highest BCUT2D eigenvalue weighted by Crippen LogP contribution is 2.31. The molecule has 3 aromatic carbocycles. The second kappa shape index (κ2) is 10.2. The van der Waals surface area contributed by atoms with Crippen molar-refractivity contribution < 1.29 is 4.79 Å². The average molecular weight is 476 g/mol. The third-order valence-corrected chi connectivity index (χ3v) is 6.43. The Bertz CT molecular complexity index is 1440. The van der Waals surface area contributed by atoms with Gasteiger partial charge in [-0.25, -0.2) is 9.53 Å². The van der Waals surface area contributed by atoms with Crippen LogP contribution in [-0.2, 0) is 0 Å². The molecule has 1 amide bonds. The summed E-state index contributed by atoms with van der Waals surface area (Å²) < 4.78 is 1.59. The van der Waals surface area contributed by atoms with Crippen LogP contribution in [0.2, 0.25) is 0 Å². The molecule has 1 atom stereocenters. The first-order valence-electron chi connectivity index (χ1n) is 12.3. The molecule has 1 fully saturated rings. The van der Waals surface area contributed by atoms with Gasteiger partial charge in [-0.3, -0.25) is 4.79 Å². The Morgan fingerprint density at radius 3 is 2.53 bits per heavy atom. The molecule has 1 saturated carbocycles. The SMILES string of the molecule is [C-]#[N+]c1cccc(-n2nc(C)cc2C(=O)Nc2cccc(C(NCC3CC3)c3cccc(C)c3)c2)c1. The Kier molecular flexibility index (Phi) is 6.66. The molecule has 0 bridgehead atoms. The van der Waals surface area contributed by atoms with Gasteiger partial charge in [-0.1, -0.05) is 54.1 Å². The van der Waals surface area contributed by atoms with Gasteiger partial charge in [0.2, 0.25) is 0 Å². The smallest absolute Gasteiger partial charge is 0.274 e. The fourth-order valence-electron chi connectivity index (χ4n) is 4.43. The van der Waals surface area contributed by atoms with Gasteiger partial charge >= 0.3 is 0 Å². The summed E-state index contributed by atoms with van der Waals surface area (Å²) in [6.07, 6.45) is 2.57. The molecule has 6 nitrogen and oxygen atoms in total. The molecule has 36 heavy (non-hydrogen) atoms. The predicted molar refractivity (Wildman–Crippen MR) is 143 cm³/mol. The highest BCUT2D eigenvalue weighted by atomic mass is 16.2. The quantitative estimate of drug-likeness (QED) is 0.291. The molecule has 6 heteroatoms. The van der Waals surface area contributed by atoms with Gasteiger partial charge in [0.1, 0.15) is 5.69 Å². The predicted octanol–water partition coefficient (Wildman–Crippen LogP) is 6.38. The van der Waals surface area contributed by atoms with E-state index in [9.17, 15) is 4.79 Å². The normalized spacial score (nSPS) is 13.7. The Labute approximate surface area is 211 Å². The van der Waals surface area contributed by atoms with Gasteiger partial charge in [-0.05, 0) is 80.6 Å². The second-order valence-electron chi connectivity index (χ2n) is 9.49. The summed E-state index contributed by atoms with van der Waals surface area (Å²) in [5, 5.41) is 11.3. The number of hydrogen-bond donors (Lipinski definition) is 2. The molecule has 180 valence electrons. The third-order valence-electron chi connectivity index (χ3n) is 6.43. The summed E-state index contributed by atoms with van der Waals surface area (Å²) in [6.45, 7) is 12.2. The fourth-order valence-corrected chi connectivity index (χ4v) is 4.43. The van der Waals surface area contributed by atoms with E-state index in [1.54, 1.807) is 28.9 Å². The van der Waals surface area contributed by atoms with Crippen molar-refractivity contribution in [3.05, 3.63) is 118 Å². The van der Waals surface area contributed by atoms with Crippen LogP contribution in [0.15, 0.2) is 78.9 Å². The fraction of sp³-hybridized carbons (Fsp3) is 0.233. The Balaban J connectivity index is 1.41. The van der Waals surface area contributed by atoms with Crippen LogP contribution in [0.3, 0.4) is 0 Å². The molecule has 0 saturated heterocycles. The minimum Gasteiger partial charge on any atom is -0.321 e. The summed E-state index contributed by atoms with van der Waals surface area (Å²) >= 11 is 0. The van der Waals surface area contributed by atoms with Gasteiger partial charge in [-0.15, -0.1) is 0 Å². The van der Waals surface area contributed by atoms with Gasteiger partial charge in [0.25, 0.3) is 5.91 Å². The van der Waals surface area contributed by atoms with Crippen molar-refractivity contribution in [2.75, 3.05) is 11.9 Å². The number of rotatable bonds is 8. The van der Waals surface area contributed by atoms with Crippen molar-refractivity contribution in [1.29, 1.82) is 0 Å². The molecule has 1 aromatic heterocycles. The van der Waals surface area contributed by atoms with E-state index in [1.807, 2.05) is 31.2 Å². The maximum atomic E-state index is 13.3. The van der Waals surface area contributed by atoms with Gasteiger partial charge in [0.05, 0.1) is 24.0 Å². The summed E-state index contributed by atoms with van der Waals surface area (Å²) in [5.41, 5.74) is 6.60. The molecule has 1 heterocycles. The molecule has 0 spiro atoms. The highest BCUT2D eigenvalue weighted by Gasteiger charge is 2.24. The van der Waals surface area contributed by atoms with Gasteiger partial charge in [0, 0.05) is 5.69 Å². The van der Waals surface area contributed by atoms with Crippen LogP contribution in [0.5, 0.6) is 0 Å². The van der Waals surface area contributed by atoms with Crippen molar-refractivity contribution in [1.82, 2.24) is 15.1 Å². The van der Waals surface area contributed by atoms with E-state index in [4.69, 9.17) is 6.57 Å². The molecule has 4 aromatic rings. The lowest BCUT2D eigenvalue weighted by molar-refractivity contribution is 0.101. The number of nitrogens with zero attached hydrogens (tertiary/aromatic N) is 3. The van der Waals surface area contributed by atoms with E-state index < -0.39 is 0 Å². The molecule has 0 aliphatic heterocycles. The van der Waals surface area contributed by atoms with Crippen LogP contribution in [-0.4, -0.2) is 22.2 Å². The number of carbonyl (C=O) groups excluding carboxylic acids is 1. The van der Waals surface area contributed by atoms with Crippen molar-refractivity contribution in [3.63, 3.8) is 0 Å². The number of carbonyl (C=O) groups is 1. The van der Waals surface area contributed by atoms with E-state index in [-0.39, 0.29) is 11.9 Å². The Morgan fingerprint density at radius 1 is 1.03 bits per heavy atom. The molecule has 5 rings (SSSR count). The maximum Gasteiger partial charge on any atom is 0.274 e. The molecule has 1 aliphatic carbocycles. The standard InChI is InChI=1S/C30H29N5O/c1-20-7-4-8-23(15-20)29(32-19-22-13-14-22)24-9-5-11-26(17-24)33-30(36)28-16-21(2)34-35(28)27-12-6-10-25(18-27)31-3/h4-12,15-18,22,29,32H,13-14,19H2,1-2H3,(H,33,36). The highest BCUT2D eigenvalue weighted by molar-refractivity contribution is 6.03. The zero-order chi connectivity index (χ0) is 25.1. The van der Waals surface area contributed by atoms with Crippen LogP contribution in [0, 0.1) is 26.3 Å². The van der Waals surface area contributed by atoms with Crippen molar-refractivity contribution in [3.8, 4) is 5.69 Å². The molecule has 1 unspecified atom stereocenters. The largest absolute Gasteiger partial charge is 0.321 e. The zero-order valence-electron chi connectivity index (χ0n) is 20.5. The number of amides is 1. The summed E-state index contributed by atoms with van der Waals surface area (Å²) in [6, 6.07) is 25.5. The minimum atomic E-state index is -0.251. The summed E-state index contributed by atoms with van der Waals surface area (Å²) in [7, 11) is 0. The van der Waals surface area contributed by atoms with E-state index in [2.05, 4.69) is 57.8 Å². The number of aromatic nitrogens is 2. The van der Waals surface area contributed by atoms with E-state index in [0.717, 1.165) is 29.4 Å².